The Balaban J connectivity index is 1.20. The topological polar surface area (TPSA) is 102 Å². The van der Waals surface area contributed by atoms with Crippen LogP contribution in [0.15, 0.2) is 84.1 Å². The zero-order valence-electron chi connectivity index (χ0n) is 23.2. The molecule has 0 unspecified atom stereocenters. The largest absolute Gasteiger partial charge is 0.573 e. The van der Waals surface area contributed by atoms with Crippen molar-refractivity contribution in [2.24, 2.45) is 4.99 Å². The first-order valence-electron chi connectivity index (χ1n) is 13.4. The van der Waals surface area contributed by atoms with Crippen LogP contribution in [0.2, 0.25) is 0 Å². The van der Waals surface area contributed by atoms with Gasteiger partial charge in [0, 0.05) is 12.1 Å². The van der Waals surface area contributed by atoms with Gasteiger partial charge in [0.15, 0.2) is 11.0 Å². The molecule has 0 radical (unpaired) electrons. The number of para-hydroxylation sites is 1. The molecule has 0 saturated carbocycles. The van der Waals surface area contributed by atoms with Gasteiger partial charge < -0.3 is 10.1 Å². The highest BCUT2D eigenvalue weighted by Gasteiger charge is 2.32. The second kappa shape index (κ2) is 12.7. The van der Waals surface area contributed by atoms with E-state index >= 15 is 0 Å². The highest BCUT2D eigenvalue weighted by atomic mass is 32.2. The molecule has 1 fully saturated rings. The van der Waals surface area contributed by atoms with E-state index in [1.54, 1.807) is 0 Å². The van der Waals surface area contributed by atoms with Crippen LogP contribution in [0, 0.1) is 0 Å². The van der Waals surface area contributed by atoms with Gasteiger partial charge in [-0.15, -0.1) is 18.3 Å². The average molecular weight is 609 g/mol. The lowest BCUT2D eigenvalue weighted by Gasteiger charge is -2.21. The molecule has 0 aliphatic carbocycles. The van der Waals surface area contributed by atoms with E-state index in [-0.39, 0.29) is 23.3 Å². The van der Waals surface area contributed by atoms with E-state index in [1.807, 2.05) is 62.4 Å². The van der Waals surface area contributed by atoms with Gasteiger partial charge in [0.25, 0.3) is 0 Å². The number of rotatable bonds is 8. The number of anilines is 1. The Morgan fingerprint density at radius 1 is 1.09 bits per heavy atom. The van der Waals surface area contributed by atoms with E-state index < -0.39 is 12.4 Å². The third-order valence-electron chi connectivity index (χ3n) is 6.46. The number of nitrogens with one attached hydrogen (secondary N) is 1. The van der Waals surface area contributed by atoms with Crippen LogP contribution in [0.4, 0.5) is 23.7 Å². The second-order valence-electron chi connectivity index (χ2n) is 9.86. The van der Waals surface area contributed by atoms with Gasteiger partial charge in [0.05, 0.1) is 17.1 Å². The van der Waals surface area contributed by atoms with Gasteiger partial charge in [0.2, 0.25) is 5.91 Å². The number of hydrogen-bond donors (Lipinski definition) is 1. The minimum atomic E-state index is -4.76. The molecule has 5 rings (SSSR count). The lowest BCUT2D eigenvalue weighted by molar-refractivity contribution is -0.274. The monoisotopic (exact) mass is 608 g/mol. The molecule has 0 bridgehead atoms. The molecule has 0 spiro atoms. The van der Waals surface area contributed by atoms with E-state index in [2.05, 4.69) is 25.1 Å². The molecule has 2 heterocycles. The highest BCUT2D eigenvalue weighted by Crippen LogP contribution is 2.33. The number of alkyl halides is 3. The summed E-state index contributed by atoms with van der Waals surface area (Å²) in [4.78, 5) is 35.4. The summed E-state index contributed by atoms with van der Waals surface area (Å²) in [5.41, 5.74) is 3.91. The number of urea groups is 1. The zero-order chi connectivity index (χ0) is 30.6. The standard InChI is InChI=1S/C30H27F3N6O3S/c1-19(2)24-8-3-4-9-25(24)39-26(40)17-43-29(39)36-28(41)34-15-14-20-6-5-7-21(16-20)27-35-18-38(37-27)22-10-12-23(13-11-22)42-30(31,32)33/h3-13,16,18-19H,14-15,17H2,1-2H3,(H,34,41)/b36-29-. The Labute approximate surface area is 249 Å². The number of aromatic nitrogens is 3. The highest BCUT2D eigenvalue weighted by molar-refractivity contribution is 8.15. The smallest absolute Gasteiger partial charge is 0.406 e. The van der Waals surface area contributed by atoms with Gasteiger partial charge in [-0.1, -0.05) is 62.0 Å². The van der Waals surface area contributed by atoms with Gasteiger partial charge in [0.1, 0.15) is 12.1 Å². The summed E-state index contributed by atoms with van der Waals surface area (Å²) in [6.07, 6.45) is -2.78. The fraction of sp³-hybridized carbons (Fsp3) is 0.233. The average Bonchev–Trinajstić information content (AvgIpc) is 3.60. The molecular formula is C30H27F3N6O3S. The predicted octanol–water partition coefficient (Wildman–Crippen LogP) is 6.34. The van der Waals surface area contributed by atoms with Crippen molar-refractivity contribution in [3.8, 4) is 22.8 Å². The van der Waals surface area contributed by atoms with Crippen molar-refractivity contribution in [1.82, 2.24) is 20.1 Å². The Hall–Kier alpha value is -4.65. The van der Waals surface area contributed by atoms with Crippen molar-refractivity contribution in [1.29, 1.82) is 0 Å². The Morgan fingerprint density at radius 3 is 2.60 bits per heavy atom. The lowest BCUT2D eigenvalue weighted by atomic mass is 10.0. The Morgan fingerprint density at radius 2 is 1.86 bits per heavy atom. The minimum absolute atomic E-state index is 0.120. The predicted molar refractivity (Wildman–Crippen MR) is 158 cm³/mol. The molecule has 0 atom stereocenters. The Bertz CT molecular complexity index is 1650. The molecule has 9 nitrogen and oxygen atoms in total. The molecule has 3 aromatic carbocycles. The number of halogens is 3. The van der Waals surface area contributed by atoms with E-state index in [0.29, 0.717) is 29.6 Å². The maximum atomic E-state index is 12.7. The maximum absolute atomic E-state index is 12.7. The first-order chi connectivity index (χ1) is 20.6. The van der Waals surface area contributed by atoms with Crippen LogP contribution in [-0.4, -0.2) is 50.5 Å². The van der Waals surface area contributed by atoms with Crippen molar-refractivity contribution >= 4 is 34.6 Å². The van der Waals surface area contributed by atoms with Gasteiger partial charge in [-0.3, -0.25) is 9.69 Å². The maximum Gasteiger partial charge on any atom is 0.573 e. The van der Waals surface area contributed by atoms with Crippen molar-refractivity contribution in [2.45, 2.75) is 32.5 Å². The molecule has 1 aliphatic heterocycles. The first-order valence-corrected chi connectivity index (χ1v) is 14.3. The number of hydrogen-bond acceptors (Lipinski definition) is 6. The van der Waals surface area contributed by atoms with E-state index in [1.165, 1.54) is 51.9 Å². The molecule has 1 aliphatic rings. The van der Waals surface area contributed by atoms with Crippen LogP contribution >= 0.6 is 11.8 Å². The van der Waals surface area contributed by atoms with E-state index in [0.717, 1.165) is 22.4 Å². The van der Waals surface area contributed by atoms with E-state index in [9.17, 15) is 22.8 Å². The SMILES string of the molecule is CC(C)c1ccccc1N1C(=O)CS/C1=N\C(=O)NCCc1cccc(-c2ncn(-c3ccc(OC(F)(F)F)cc3)n2)c1. The summed E-state index contributed by atoms with van der Waals surface area (Å²) >= 11 is 1.23. The number of amides is 3. The number of thioether (sulfide) groups is 1. The normalized spacial score (nSPS) is 14.5. The number of carbonyl (C=O) groups excluding carboxylic acids is 2. The number of carbonyl (C=O) groups is 2. The first kappa shape index (κ1) is 29.8. The molecular weight excluding hydrogens is 581 g/mol. The third kappa shape index (κ3) is 7.41. The van der Waals surface area contributed by atoms with Gasteiger partial charge in [-0.05, 0) is 59.9 Å². The Kier molecular flexibility index (Phi) is 8.81. The third-order valence-corrected chi connectivity index (χ3v) is 7.39. The summed E-state index contributed by atoms with van der Waals surface area (Å²) < 4.78 is 42.6. The molecule has 43 heavy (non-hydrogen) atoms. The van der Waals surface area contributed by atoms with Crippen molar-refractivity contribution < 1.29 is 27.5 Å². The van der Waals surface area contributed by atoms with Crippen LogP contribution in [0.1, 0.15) is 30.9 Å². The second-order valence-corrected chi connectivity index (χ2v) is 10.8. The van der Waals surface area contributed by atoms with Gasteiger partial charge in [-0.25, -0.2) is 14.5 Å². The summed E-state index contributed by atoms with van der Waals surface area (Å²) in [7, 11) is 0. The lowest BCUT2D eigenvalue weighted by Crippen LogP contribution is -2.32. The van der Waals surface area contributed by atoms with Crippen LogP contribution < -0.4 is 15.0 Å². The summed E-state index contributed by atoms with van der Waals surface area (Å²) in [5.74, 6) is 0.389. The molecule has 4 aromatic rings. The number of amidine groups is 1. The van der Waals surface area contributed by atoms with Crippen molar-refractivity contribution in [2.75, 3.05) is 17.2 Å². The molecule has 222 valence electrons. The van der Waals surface area contributed by atoms with Crippen LogP contribution in [0.5, 0.6) is 5.75 Å². The number of benzene rings is 3. The quantitative estimate of drug-likeness (QED) is 0.250. The number of aliphatic imine (C=N–C) groups is 1. The molecule has 1 saturated heterocycles. The van der Waals surface area contributed by atoms with Crippen LogP contribution in [0.25, 0.3) is 17.1 Å². The van der Waals surface area contributed by atoms with Crippen LogP contribution in [0.3, 0.4) is 0 Å². The summed E-state index contributed by atoms with van der Waals surface area (Å²) in [6.45, 7) is 4.41. The minimum Gasteiger partial charge on any atom is -0.406 e. The molecule has 1 aromatic heterocycles. The fourth-order valence-electron chi connectivity index (χ4n) is 4.49. The van der Waals surface area contributed by atoms with E-state index in [4.69, 9.17) is 0 Å². The molecule has 1 N–H and O–H groups in total. The van der Waals surface area contributed by atoms with Crippen molar-refractivity contribution in [3.05, 3.63) is 90.3 Å². The van der Waals surface area contributed by atoms with Crippen molar-refractivity contribution in [3.63, 3.8) is 0 Å². The van der Waals surface area contributed by atoms with Gasteiger partial charge >= 0.3 is 12.4 Å². The zero-order valence-corrected chi connectivity index (χ0v) is 24.0. The summed E-state index contributed by atoms with van der Waals surface area (Å²) in [6, 6.07) is 19.9. The summed E-state index contributed by atoms with van der Waals surface area (Å²) in [5, 5.41) is 7.58. The molecule has 13 heteroatoms. The van der Waals surface area contributed by atoms with Crippen LogP contribution in [-0.2, 0) is 11.2 Å². The number of ether oxygens (including phenoxy) is 1. The number of nitrogens with zero attached hydrogens (tertiary/aromatic N) is 5. The van der Waals surface area contributed by atoms with Gasteiger partial charge in [-0.2, -0.15) is 4.99 Å². The fourth-order valence-corrected chi connectivity index (χ4v) is 5.35. The molecule has 3 amide bonds.